The Morgan fingerprint density at radius 3 is 2.48 bits per heavy atom. The molecule has 8 nitrogen and oxygen atoms in total. The van der Waals surface area contributed by atoms with E-state index < -0.39 is 26.9 Å². The quantitative estimate of drug-likeness (QED) is 0.554. The maximum absolute atomic E-state index is 12.8. The molecule has 0 heterocycles. The predicted molar refractivity (Wildman–Crippen MR) is 105 cm³/mol. The number of nitro benzene ring substituents is 1. The highest BCUT2D eigenvalue weighted by molar-refractivity contribution is 7.92. The van der Waals surface area contributed by atoms with Crippen LogP contribution in [0, 0.1) is 10.1 Å². The fourth-order valence-corrected chi connectivity index (χ4v) is 3.98. The van der Waals surface area contributed by atoms with Crippen molar-refractivity contribution in [3.8, 4) is 0 Å². The first-order valence-corrected chi connectivity index (χ1v) is 10.2. The highest BCUT2D eigenvalue weighted by Crippen LogP contribution is 2.26. The van der Waals surface area contributed by atoms with Crippen LogP contribution in [0.5, 0.6) is 0 Å². The molecule has 0 spiro atoms. The van der Waals surface area contributed by atoms with Crippen LogP contribution < -0.4 is 9.62 Å². The summed E-state index contributed by atoms with van der Waals surface area (Å²) in [5, 5.41) is 13.7. The van der Waals surface area contributed by atoms with E-state index in [9.17, 15) is 23.3 Å². The van der Waals surface area contributed by atoms with Gasteiger partial charge in [-0.05, 0) is 30.7 Å². The standard InChI is InChI=1S/C17H18ClN3O5S/c1-3-16(17(22)19-13-7-5-9-15(11-13)21(23)24)20(27(2,25)26)14-8-4-6-12(18)10-14/h4-11,16H,3H2,1-2H3,(H,19,22). The van der Waals surface area contributed by atoms with Crippen LogP contribution in [0.3, 0.4) is 0 Å². The maximum atomic E-state index is 12.8. The number of non-ortho nitro benzene ring substituents is 1. The Bertz CT molecular complexity index is 965. The second-order valence-electron chi connectivity index (χ2n) is 5.76. The van der Waals surface area contributed by atoms with Crippen molar-refractivity contribution in [1.82, 2.24) is 0 Å². The van der Waals surface area contributed by atoms with Crippen molar-refractivity contribution in [1.29, 1.82) is 0 Å². The van der Waals surface area contributed by atoms with Crippen LogP contribution >= 0.6 is 11.6 Å². The number of amides is 1. The van der Waals surface area contributed by atoms with Crippen LogP contribution in [0.25, 0.3) is 0 Å². The number of nitrogens with zero attached hydrogens (tertiary/aromatic N) is 2. The molecular weight excluding hydrogens is 394 g/mol. The van der Waals surface area contributed by atoms with E-state index in [2.05, 4.69) is 5.32 Å². The molecule has 10 heteroatoms. The molecule has 0 aliphatic carbocycles. The first-order valence-electron chi connectivity index (χ1n) is 7.93. The lowest BCUT2D eigenvalue weighted by atomic mass is 10.1. The summed E-state index contributed by atoms with van der Waals surface area (Å²) in [5.74, 6) is -0.608. The Morgan fingerprint density at radius 1 is 1.26 bits per heavy atom. The van der Waals surface area contributed by atoms with E-state index in [-0.39, 0.29) is 23.5 Å². The molecule has 0 aromatic heterocycles. The van der Waals surface area contributed by atoms with Crippen molar-refractivity contribution in [2.24, 2.45) is 0 Å². The Morgan fingerprint density at radius 2 is 1.93 bits per heavy atom. The van der Waals surface area contributed by atoms with Gasteiger partial charge in [0.1, 0.15) is 6.04 Å². The van der Waals surface area contributed by atoms with Crippen LogP contribution in [0.4, 0.5) is 17.1 Å². The lowest BCUT2D eigenvalue weighted by molar-refractivity contribution is -0.384. The van der Waals surface area contributed by atoms with Crippen LogP contribution in [0.2, 0.25) is 5.02 Å². The van der Waals surface area contributed by atoms with Gasteiger partial charge in [0.25, 0.3) is 5.69 Å². The first-order chi connectivity index (χ1) is 12.6. The molecule has 0 aliphatic heterocycles. The topological polar surface area (TPSA) is 110 Å². The largest absolute Gasteiger partial charge is 0.324 e. The summed E-state index contributed by atoms with van der Waals surface area (Å²) in [5.41, 5.74) is 0.272. The van der Waals surface area contributed by atoms with Gasteiger partial charge < -0.3 is 5.32 Å². The molecule has 0 saturated carbocycles. The van der Waals surface area contributed by atoms with Gasteiger partial charge in [0, 0.05) is 22.8 Å². The number of nitro groups is 1. The van der Waals surface area contributed by atoms with Gasteiger partial charge in [-0.2, -0.15) is 0 Å². The zero-order valence-corrected chi connectivity index (χ0v) is 16.2. The molecule has 0 radical (unpaired) electrons. The number of halogens is 1. The average Bonchev–Trinajstić information content (AvgIpc) is 2.58. The van der Waals surface area contributed by atoms with Crippen molar-refractivity contribution < 1.29 is 18.1 Å². The van der Waals surface area contributed by atoms with E-state index in [1.807, 2.05) is 0 Å². The minimum Gasteiger partial charge on any atom is -0.324 e. The van der Waals surface area contributed by atoms with Crippen LogP contribution in [0.1, 0.15) is 13.3 Å². The number of hydrogen-bond acceptors (Lipinski definition) is 5. The summed E-state index contributed by atoms with van der Waals surface area (Å²) in [7, 11) is -3.80. The minimum absolute atomic E-state index is 0.181. The predicted octanol–water partition coefficient (Wildman–Crippen LogP) is 3.43. The summed E-state index contributed by atoms with van der Waals surface area (Å²) in [6.07, 6.45) is 1.18. The Hall–Kier alpha value is -2.65. The van der Waals surface area contributed by atoms with Crippen LogP contribution in [-0.2, 0) is 14.8 Å². The van der Waals surface area contributed by atoms with Gasteiger partial charge in [0.2, 0.25) is 15.9 Å². The van der Waals surface area contributed by atoms with Gasteiger partial charge in [-0.15, -0.1) is 0 Å². The minimum atomic E-state index is -3.80. The molecular formula is C17H18ClN3O5S. The molecule has 1 atom stereocenters. The molecule has 2 rings (SSSR count). The molecule has 0 bridgehead atoms. The third-order valence-corrected chi connectivity index (χ3v) is 5.13. The van der Waals surface area contributed by atoms with E-state index in [1.165, 1.54) is 36.4 Å². The van der Waals surface area contributed by atoms with Gasteiger partial charge in [-0.1, -0.05) is 30.7 Å². The van der Waals surface area contributed by atoms with Gasteiger partial charge in [0.05, 0.1) is 16.9 Å². The summed E-state index contributed by atoms with van der Waals surface area (Å²) in [4.78, 5) is 23.0. The number of sulfonamides is 1. The number of carbonyl (C=O) groups is 1. The molecule has 1 N–H and O–H groups in total. The average molecular weight is 412 g/mol. The van der Waals surface area contributed by atoms with E-state index >= 15 is 0 Å². The monoisotopic (exact) mass is 411 g/mol. The van der Waals surface area contributed by atoms with Crippen molar-refractivity contribution in [3.63, 3.8) is 0 Å². The van der Waals surface area contributed by atoms with Crippen LogP contribution in [-0.4, -0.2) is 31.5 Å². The lowest BCUT2D eigenvalue weighted by Crippen LogP contribution is -2.47. The van der Waals surface area contributed by atoms with Gasteiger partial charge >= 0.3 is 0 Å². The fraction of sp³-hybridized carbons (Fsp3) is 0.235. The van der Waals surface area contributed by atoms with Crippen molar-refractivity contribution in [3.05, 3.63) is 63.7 Å². The molecule has 1 amide bonds. The summed E-state index contributed by atoms with van der Waals surface area (Å²) >= 11 is 5.96. The van der Waals surface area contributed by atoms with E-state index in [0.717, 1.165) is 10.6 Å². The van der Waals surface area contributed by atoms with E-state index in [0.29, 0.717) is 5.02 Å². The van der Waals surface area contributed by atoms with Gasteiger partial charge in [-0.25, -0.2) is 8.42 Å². The number of nitrogens with one attached hydrogen (secondary N) is 1. The normalized spacial score (nSPS) is 12.3. The fourth-order valence-electron chi connectivity index (χ4n) is 2.60. The van der Waals surface area contributed by atoms with E-state index in [1.54, 1.807) is 19.1 Å². The highest BCUT2D eigenvalue weighted by Gasteiger charge is 2.31. The molecule has 0 saturated heterocycles. The number of carbonyl (C=O) groups excluding carboxylic acids is 1. The van der Waals surface area contributed by atoms with Gasteiger partial charge in [-0.3, -0.25) is 19.2 Å². The molecule has 27 heavy (non-hydrogen) atoms. The molecule has 2 aromatic rings. The molecule has 144 valence electrons. The summed E-state index contributed by atoms with van der Waals surface area (Å²) < 4.78 is 25.7. The SMILES string of the molecule is CCC(C(=O)Nc1cccc([N+](=O)[O-])c1)N(c1cccc(Cl)c1)S(C)(=O)=O. The van der Waals surface area contributed by atoms with Crippen molar-refractivity contribution >= 4 is 44.6 Å². The zero-order valence-electron chi connectivity index (χ0n) is 14.6. The molecule has 1 unspecified atom stereocenters. The number of rotatable bonds is 7. The molecule has 2 aromatic carbocycles. The van der Waals surface area contributed by atoms with Crippen molar-refractivity contribution in [2.45, 2.75) is 19.4 Å². The Labute approximate surface area is 162 Å². The lowest BCUT2D eigenvalue weighted by Gasteiger charge is -2.30. The second-order valence-corrected chi connectivity index (χ2v) is 8.06. The number of benzene rings is 2. The summed E-state index contributed by atoms with van der Waals surface area (Å²) in [6, 6.07) is 10.5. The third-order valence-electron chi connectivity index (χ3n) is 3.72. The number of hydrogen-bond donors (Lipinski definition) is 1. The highest BCUT2D eigenvalue weighted by atomic mass is 35.5. The summed E-state index contributed by atoms with van der Waals surface area (Å²) in [6.45, 7) is 1.67. The Kier molecular flexibility index (Phi) is 6.40. The van der Waals surface area contributed by atoms with E-state index in [4.69, 9.17) is 11.6 Å². The van der Waals surface area contributed by atoms with Crippen molar-refractivity contribution in [2.75, 3.05) is 15.9 Å². The zero-order chi connectivity index (χ0) is 20.2. The smallest absolute Gasteiger partial charge is 0.271 e. The molecule has 0 fully saturated rings. The number of anilines is 2. The Balaban J connectivity index is 2.38. The second kappa shape index (κ2) is 8.36. The third kappa shape index (κ3) is 5.18. The van der Waals surface area contributed by atoms with Gasteiger partial charge in [0.15, 0.2) is 0 Å². The van der Waals surface area contributed by atoms with Crippen LogP contribution in [0.15, 0.2) is 48.5 Å². The first kappa shape index (κ1) is 20.7. The molecule has 0 aliphatic rings. The maximum Gasteiger partial charge on any atom is 0.271 e.